The number of aromatic amines is 1. The van der Waals surface area contributed by atoms with Crippen LogP contribution in [-0.2, 0) is 19.1 Å². The molecule has 1 atom stereocenters. The lowest BCUT2D eigenvalue weighted by Gasteiger charge is -2.31. The number of hydrogen-bond acceptors (Lipinski definition) is 8. The Balaban J connectivity index is 1.80. The van der Waals surface area contributed by atoms with E-state index in [9.17, 15) is 19.5 Å². The van der Waals surface area contributed by atoms with Gasteiger partial charge in [0.2, 0.25) is 0 Å². The van der Waals surface area contributed by atoms with Crippen LogP contribution in [0, 0.1) is 13.8 Å². The molecule has 10 heteroatoms. The molecule has 10 nitrogen and oxygen atoms in total. The minimum Gasteiger partial charge on any atom is -0.507 e. The van der Waals surface area contributed by atoms with Crippen molar-refractivity contribution >= 4 is 23.4 Å². The SMILES string of the molecule is COC(=O)c1[nH]c(C)c(/C(O)=C2\C(=O)C(=O)N(CCN3CCOCC3)[C@H]2c2ccc(OC)cc2)c1C. The fraction of sp³-hybridized carbons (Fsp3) is 0.423. The minimum absolute atomic E-state index is 0.0197. The summed E-state index contributed by atoms with van der Waals surface area (Å²) >= 11 is 0. The number of rotatable bonds is 7. The molecule has 1 aromatic carbocycles. The fourth-order valence-corrected chi connectivity index (χ4v) is 4.86. The number of aliphatic hydroxyl groups excluding tert-OH is 1. The Morgan fingerprint density at radius 1 is 1.11 bits per heavy atom. The number of ether oxygens (including phenoxy) is 3. The van der Waals surface area contributed by atoms with E-state index in [0.29, 0.717) is 54.4 Å². The number of likely N-dealkylation sites (tertiary alicyclic amines) is 1. The second-order valence-corrected chi connectivity index (χ2v) is 8.84. The first kappa shape index (κ1) is 25.5. The molecule has 192 valence electrons. The third-order valence-electron chi connectivity index (χ3n) is 6.80. The molecule has 3 heterocycles. The van der Waals surface area contributed by atoms with Gasteiger partial charge >= 0.3 is 5.97 Å². The number of nitrogens with one attached hydrogen (secondary N) is 1. The van der Waals surface area contributed by atoms with Crippen molar-refractivity contribution in [1.29, 1.82) is 0 Å². The number of ketones is 1. The van der Waals surface area contributed by atoms with Crippen LogP contribution in [0.15, 0.2) is 29.8 Å². The van der Waals surface area contributed by atoms with Crippen LogP contribution in [0.25, 0.3) is 5.76 Å². The summed E-state index contributed by atoms with van der Waals surface area (Å²) in [5, 5.41) is 11.5. The van der Waals surface area contributed by atoms with Gasteiger partial charge < -0.3 is 29.2 Å². The Morgan fingerprint density at radius 3 is 2.39 bits per heavy atom. The van der Waals surface area contributed by atoms with E-state index in [0.717, 1.165) is 13.1 Å². The first-order valence-electron chi connectivity index (χ1n) is 11.8. The van der Waals surface area contributed by atoms with Gasteiger partial charge in [-0.1, -0.05) is 12.1 Å². The largest absolute Gasteiger partial charge is 0.507 e. The molecule has 0 spiro atoms. The van der Waals surface area contributed by atoms with Crippen molar-refractivity contribution < 1.29 is 33.7 Å². The van der Waals surface area contributed by atoms with E-state index in [1.807, 2.05) is 0 Å². The standard InChI is InChI=1S/C26H31N3O7/c1-15-19(16(2)27-21(15)26(33)35-4)23(30)20-22(17-5-7-18(34-3)8-6-17)29(25(32)24(20)31)10-9-28-11-13-36-14-12-28/h5-8,22,27,30H,9-14H2,1-4H3/b23-20+/t22-/m0/s1. The summed E-state index contributed by atoms with van der Waals surface area (Å²) in [4.78, 5) is 45.4. The third kappa shape index (κ3) is 4.61. The third-order valence-corrected chi connectivity index (χ3v) is 6.80. The Bertz CT molecular complexity index is 1190. The molecule has 2 N–H and O–H groups in total. The number of aliphatic hydroxyl groups is 1. The fourth-order valence-electron chi connectivity index (χ4n) is 4.86. The molecule has 0 saturated carbocycles. The van der Waals surface area contributed by atoms with Crippen LogP contribution in [0.5, 0.6) is 5.75 Å². The summed E-state index contributed by atoms with van der Waals surface area (Å²) in [6.07, 6.45) is 0. The Kier molecular flexibility index (Phi) is 7.46. The first-order chi connectivity index (χ1) is 17.3. The van der Waals surface area contributed by atoms with Crippen LogP contribution < -0.4 is 4.74 Å². The number of amides is 1. The van der Waals surface area contributed by atoms with Crippen molar-refractivity contribution in [2.75, 3.05) is 53.6 Å². The maximum absolute atomic E-state index is 13.3. The second-order valence-electron chi connectivity index (χ2n) is 8.84. The summed E-state index contributed by atoms with van der Waals surface area (Å²) in [6, 6.07) is 6.26. The molecule has 36 heavy (non-hydrogen) atoms. The van der Waals surface area contributed by atoms with Crippen molar-refractivity contribution in [1.82, 2.24) is 14.8 Å². The smallest absolute Gasteiger partial charge is 0.354 e. The number of morpholine rings is 1. The maximum atomic E-state index is 13.3. The van der Waals surface area contributed by atoms with Gasteiger partial charge in [-0.25, -0.2) is 4.79 Å². The highest BCUT2D eigenvalue weighted by molar-refractivity contribution is 6.46. The zero-order chi connectivity index (χ0) is 26.0. The molecule has 1 aromatic heterocycles. The molecule has 2 saturated heterocycles. The number of hydrogen-bond donors (Lipinski definition) is 2. The van der Waals surface area contributed by atoms with Gasteiger partial charge in [-0.3, -0.25) is 14.5 Å². The number of methoxy groups -OCH3 is 2. The Morgan fingerprint density at radius 2 is 1.78 bits per heavy atom. The van der Waals surface area contributed by atoms with E-state index < -0.39 is 23.7 Å². The summed E-state index contributed by atoms with van der Waals surface area (Å²) in [7, 11) is 2.82. The number of carbonyl (C=O) groups excluding carboxylic acids is 3. The van der Waals surface area contributed by atoms with E-state index in [4.69, 9.17) is 14.2 Å². The van der Waals surface area contributed by atoms with E-state index in [2.05, 4.69) is 9.88 Å². The number of carbonyl (C=O) groups is 3. The molecule has 2 aliphatic heterocycles. The summed E-state index contributed by atoms with van der Waals surface area (Å²) < 4.78 is 15.5. The second kappa shape index (κ2) is 10.5. The predicted molar refractivity (Wildman–Crippen MR) is 131 cm³/mol. The number of aromatic nitrogens is 1. The number of Topliss-reactive ketones (excluding diaryl/α,β-unsaturated/α-hetero) is 1. The van der Waals surface area contributed by atoms with E-state index in [1.165, 1.54) is 12.0 Å². The number of benzene rings is 1. The predicted octanol–water partition coefficient (Wildman–Crippen LogP) is 2.18. The van der Waals surface area contributed by atoms with Crippen molar-refractivity contribution in [2.24, 2.45) is 0 Å². The number of nitrogens with zero attached hydrogens (tertiary/aromatic N) is 2. The van der Waals surface area contributed by atoms with Gasteiger partial charge in [0.1, 0.15) is 17.2 Å². The van der Waals surface area contributed by atoms with Crippen molar-refractivity contribution in [2.45, 2.75) is 19.9 Å². The average molecular weight is 498 g/mol. The van der Waals surface area contributed by atoms with E-state index >= 15 is 0 Å². The molecule has 0 aliphatic carbocycles. The Hall–Kier alpha value is -3.63. The molecule has 1 amide bonds. The zero-order valence-electron chi connectivity index (χ0n) is 20.9. The molecular formula is C26H31N3O7. The van der Waals surface area contributed by atoms with Crippen LogP contribution in [0.3, 0.4) is 0 Å². The quantitative estimate of drug-likeness (QED) is 0.258. The highest BCUT2D eigenvalue weighted by Gasteiger charge is 2.46. The monoisotopic (exact) mass is 497 g/mol. The highest BCUT2D eigenvalue weighted by Crippen LogP contribution is 2.41. The molecule has 0 bridgehead atoms. The highest BCUT2D eigenvalue weighted by atomic mass is 16.5. The molecular weight excluding hydrogens is 466 g/mol. The lowest BCUT2D eigenvalue weighted by Crippen LogP contribution is -2.42. The number of aryl methyl sites for hydroxylation is 1. The van der Waals surface area contributed by atoms with Crippen LogP contribution in [0.4, 0.5) is 0 Å². The van der Waals surface area contributed by atoms with Crippen molar-refractivity contribution in [3.63, 3.8) is 0 Å². The molecule has 0 radical (unpaired) electrons. The zero-order valence-corrected chi connectivity index (χ0v) is 20.9. The lowest BCUT2D eigenvalue weighted by molar-refractivity contribution is -0.140. The summed E-state index contributed by atoms with van der Waals surface area (Å²) in [5.74, 6) is -1.74. The maximum Gasteiger partial charge on any atom is 0.354 e. The Labute approximate surface area is 209 Å². The molecule has 2 aromatic rings. The average Bonchev–Trinajstić information content (AvgIpc) is 3.34. The van der Waals surface area contributed by atoms with Crippen LogP contribution in [-0.4, -0.2) is 91.2 Å². The molecule has 4 rings (SSSR count). The van der Waals surface area contributed by atoms with Gasteiger partial charge in [-0.05, 0) is 37.1 Å². The van der Waals surface area contributed by atoms with Gasteiger partial charge in [-0.2, -0.15) is 0 Å². The van der Waals surface area contributed by atoms with E-state index in [-0.39, 0.29) is 17.0 Å². The normalized spacial score (nSPS) is 20.1. The number of esters is 1. The van der Waals surface area contributed by atoms with E-state index in [1.54, 1.807) is 45.2 Å². The van der Waals surface area contributed by atoms with Crippen LogP contribution >= 0.6 is 0 Å². The minimum atomic E-state index is -0.799. The van der Waals surface area contributed by atoms with Gasteiger partial charge in [0.15, 0.2) is 0 Å². The molecule has 2 aliphatic rings. The van der Waals surface area contributed by atoms with Gasteiger partial charge in [0.25, 0.3) is 11.7 Å². The lowest BCUT2D eigenvalue weighted by atomic mass is 9.94. The topological polar surface area (TPSA) is 121 Å². The van der Waals surface area contributed by atoms with Crippen molar-refractivity contribution in [3.05, 3.63) is 57.9 Å². The molecule has 2 fully saturated rings. The molecule has 0 unspecified atom stereocenters. The van der Waals surface area contributed by atoms with Gasteiger partial charge in [0, 0.05) is 37.4 Å². The number of H-pyrrole nitrogens is 1. The van der Waals surface area contributed by atoms with Crippen LogP contribution in [0.1, 0.15) is 38.9 Å². The van der Waals surface area contributed by atoms with Crippen LogP contribution in [0.2, 0.25) is 0 Å². The van der Waals surface area contributed by atoms with Crippen molar-refractivity contribution in [3.8, 4) is 5.75 Å². The summed E-state index contributed by atoms with van der Waals surface area (Å²) in [6.45, 7) is 6.94. The summed E-state index contributed by atoms with van der Waals surface area (Å²) in [5.41, 5.74) is 2.05. The first-order valence-corrected chi connectivity index (χ1v) is 11.8. The van der Waals surface area contributed by atoms with Gasteiger partial charge in [-0.15, -0.1) is 0 Å². The van der Waals surface area contributed by atoms with Gasteiger partial charge in [0.05, 0.1) is 39.0 Å².